The Hall–Kier alpha value is -0.370. The topological polar surface area (TPSA) is 43.1 Å². The minimum Gasteiger partial charge on any atom is -0.324 e. The molecule has 2 nitrogen and oxygen atoms in total. The maximum atomic E-state index is 9.69. The van der Waals surface area contributed by atoms with Gasteiger partial charge in [0.2, 0.25) is 0 Å². The smallest absolute Gasteiger partial charge is 0.143 e. The van der Waals surface area contributed by atoms with Gasteiger partial charge in [-0.15, -0.1) is 0 Å². The van der Waals surface area contributed by atoms with Crippen LogP contribution in [0.5, 0.6) is 0 Å². The Balaban J connectivity index is -0.0000000965. The lowest BCUT2D eigenvalue weighted by atomic mass is 10.3. The number of Topliss-reactive ketones (excluding diaryl/α,β-unsaturated/α-hetero) is 1. The highest BCUT2D eigenvalue weighted by Gasteiger charge is 1.76. The summed E-state index contributed by atoms with van der Waals surface area (Å²) < 4.78 is 0. The molecule has 2 N–H and O–H groups in total. The Morgan fingerprint density at radius 2 is 1.36 bits per heavy atom. The summed E-state index contributed by atoms with van der Waals surface area (Å²) in [5, 5.41) is 0. The van der Waals surface area contributed by atoms with E-state index in [1.807, 2.05) is 13.8 Å². The first-order chi connectivity index (χ1) is 5.00. The minimum atomic E-state index is 0.0324. The normalized spacial score (nSPS) is 7.27. The van der Waals surface area contributed by atoms with Crippen LogP contribution in [-0.2, 0) is 4.79 Å². The van der Waals surface area contributed by atoms with Gasteiger partial charge in [0.05, 0.1) is 6.54 Å². The van der Waals surface area contributed by atoms with Crippen molar-refractivity contribution in [3.8, 4) is 0 Å². The van der Waals surface area contributed by atoms with Crippen molar-refractivity contribution >= 4 is 5.78 Å². The summed E-state index contributed by atoms with van der Waals surface area (Å²) in [4.78, 5) is 9.69. The highest BCUT2D eigenvalue weighted by Crippen LogP contribution is 1.81. The summed E-state index contributed by atoms with van der Waals surface area (Å²) in [7, 11) is 0. The van der Waals surface area contributed by atoms with Crippen LogP contribution >= 0.6 is 0 Å². The van der Waals surface area contributed by atoms with Crippen molar-refractivity contribution in [1.82, 2.24) is 0 Å². The average Bonchev–Trinajstić information content (AvgIpc) is 1.91. The molecule has 0 saturated carbocycles. The van der Waals surface area contributed by atoms with E-state index in [0.717, 1.165) is 5.92 Å². The molecule has 0 bridgehead atoms. The van der Waals surface area contributed by atoms with Gasteiger partial charge in [0, 0.05) is 0 Å². The number of nitrogens with two attached hydrogens (primary N) is 1. The van der Waals surface area contributed by atoms with Crippen molar-refractivity contribution < 1.29 is 4.79 Å². The molecule has 2 heteroatoms. The summed E-state index contributed by atoms with van der Waals surface area (Å²) in [5.74, 6) is 0.866. The van der Waals surface area contributed by atoms with E-state index in [2.05, 4.69) is 20.8 Å². The third-order valence-corrected chi connectivity index (χ3v) is 0.287. The quantitative estimate of drug-likeness (QED) is 0.641. The summed E-state index contributed by atoms with van der Waals surface area (Å²) in [6, 6.07) is 0. The Kier molecular flexibility index (Phi) is 25.1. The molecule has 0 aromatic carbocycles. The summed E-state index contributed by atoms with van der Waals surface area (Å²) in [6.45, 7) is 12.1. The van der Waals surface area contributed by atoms with Crippen LogP contribution in [0.25, 0.3) is 0 Å². The molecule has 0 unspecified atom stereocenters. The van der Waals surface area contributed by atoms with Crippen LogP contribution in [-0.4, -0.2) is 12.3 Å². The second-order valence-corrected chi connectivity index (χ2v) is 2.64. The summed E-state index contributed by atoms with van der Waals surface area (Å²) in [6.07, 6.45) is 0. The Bertz CT molecular complexity index is 67.2. The molecule has 0 aliphatic heterocycles. The van der Waals surface area contributed by atoms with Crippen LogP contribution < -0.4 is 5.73 Å². The Labute approximate surface area is 71.2 Å². The van der Waals surface area contributed by atoms with Crippen molar-refractivity contribution in [2.24, 2.45) is 11.7 Å². The van der Waals surface area contributed by atoms with Gasteiger partial charge in [-0.25, -0.2) is 0 Å². The molecule has 0 amide bonds. The zero-order valence-corrected chi connectivity index (χ0v) is 8.77. The third kappa shape index (κ3) is 211. The molecule has 0 spiro atoms. The highest BCUT2D eigenvalue weighted by atomic mass is 16.1. The minimum absolute atomic E-state index is 0.0324. The van der Waals surface area contributed by atoms with Gasteiger partial charge in [0.25, 0.3) is 0 Å². The lowest BCUT2D eigenvalue weighted by Crippen LogP contribution is -2.07. The van der Waals surface area contributed by atoms with E-state index < -0.39 is 0 Å². The molecule has 0 aliphatic rings. The fraction of sp³-hybridized carbons (Fsp3) is 0.889. The monoisotopic (exact) mass is 161 g/mol. The molecule has 0 rings (SSSR count). The van der Waals surface area contributed by atoms with Crippen molar-refractivity contribution in [2.45, 2.75) is 41.5 Å². The molecule has 0 heterocycles. The van der Waals surface area contributed by atoms with E-state index in [-0.39, 0.29) is 12.3 Å². The largest absolute Gasteiger partial charge is 0.324 e. The van der Waals surface area contributed by atoms with Crippen molar-refractivity contribution in [2.75, 3.05) is 6.54 Å². The van der Waals surface area contributed by atoms with Crippen molar-refractivity contribution in [1.29, 1.82) is 0 Å². The van der Waals surface area contributed by atoms with Crippen molar-refractivity contribution in [3.63, 3.8) is 0 Å². The summed E-state index contributed by atoms with van der Waals surface area (Å²) >= 11 is 0. The van der Waals surface area contributed by atoms with E-state index in [0.29, 0.717) is 0 Å². The van der Waals surface area contributed by atoms with Crippen LogP contribution in [0.4, 0.5) is 0 Å². The van der Waals surface area contributed by atoms with Gasteiger partial charge in [-0.1, -0.05) is 34.6 Å². The molecule has 0 atom stereocenters. The number of hydrogen-bond acceptors (Lipinski definition) is 2. The Morgan fingerprint density at radius 1 is 1.27 bits per heavy atom. The van der Waals surface area contributed by atoms with Crippen LogP contribution in [0.1, 0.15) is 41.5 Å². The molecule has 0 radical (unpaired) electrons. The number of rotatable bonds is 1. The SMILES string of the molecule is CC.CC(=O)CN.CC(C)C. The average molecular weight is 161 g/mol. The zero-order valence-electron chi connectivity index (χ0n) is 8.77. The first kappa shape index (κ1) is 16.9. The lowest BCUT2D eigenvalue weighted by molar-refractivity contribution is -0.115. The predicted octanol–water partition coefficient (Wildman–Crippen LogP) is 2.22. The van der Waals surface area contributed by atoms with Crippen LogP contribution in [0, 0.1) is 5.92 Å². The van der Waals surface area contributed by atoms with Gasteiger partial charge in [-0.3, -0.25) is 4.79 Å². The fourth-order valence-corrected chi connectivity index (χ4v) is 0. The molecule has 0 aromatic heterocycles. The maximum Gasteiger partial charge on any atom is 0.143 e. The highest BCUT2D eigenvalue weighted by molar-refractivity contribution is 5.77. The van der Waals surface area contributed by atoms with Crippen LogP contribution in [0.15, 0.2) is 0 Å². The van der Waals surface area contributed by atoms with E-state index >= 15 is 0 Å². The number of carbonyl (C=O) groups excluding carboxylic acids is 1. The molecule has 0 saturated heterocycles. The zero-order chi connectivity index (χ0) is 9.86. The molecular weight excluding hydrogens is 138 g/mol. The van der Waals surface area contributed by atoms with Gasteiger partial charge in [-0.05, 0) is 12.8 Å². The van der Waals surface area contributed by atoms with Gasteiger partial charge < -0.3 is 5.73 Å². The van der Waals surface area contributed by atoms with Gasteiger partial charge >= 0.3 is 0 Å². The second-order valence-electron chi connectivity index (χ2n) is 2.64. The van der Waals surface area contributed by atoms with Gasteiger partial charge in [0.15, 0.2) is 0 Å². The fourth-order valence-electron chi connectivity index (χ4n) is 0. The van der Waals surface area contributed by atoms with Crippen LogP contribution in [0.3, 0.4) is 0 Å². The first-order valence-corrected chi connectivity index (χ1v) is 4.20. The predicted molar refractivity (Wildman–Crippen MR) is 51.6 cm³/mol. The molecule has 11 heavy (non-hydrogen) atoms. The van der Waals surface area contributed by atoms with Gasteiger partial charge in [0.1, 0.15) is 5.78 Å². The molecule has 70 valence electrons. The Morgan fingerprint density at radius 3 is 1.36 bits per heavy atom. The first-order valence-electron chi connectivity index (χ1n) is 4.20. The molecular formula is C9H23NO. The van der Waals surface area contributed by atoms with E-state index in [1.54, 1.807) is 0 Å². The van der Waals surface area contributed by atoms with E-state index in [1.165, 1.54) is 6.92 Å². The number of ketones is 1. The van der Waals surface area contributed by atoms with Gasteiger partial charge in [-0.2, -0.15) is 0 Å². The second kappa shape index (κ2) is 16.3. The molecule has 0 aliphatic carbocycles. The lowest BCUT2D eigenvalue weighted by Gasteiger charge is -1.79. The maximum absolute atomic E-state index is 9.69. The number of hydrogen-bond donors (Lipinski definition) is 1. The van der Waals surface area contributed by atoms with Crippen LogP contribution in [0.2, 0.25) is 0 Å². The third-order valence-electron chi connectivity index (χ3n) is 0.287. The van der Waals surface area contributed by atoms with E-state index in [4.69, 9.17) is 5.73 Å². The number of carbonyl (C=O) groups is 1. The van der Waals surface area contributed by atoms with E-state index in [9.17, 15) is 4.79 Å². The molecule has 0 fully saturated rings. The standard InChI is InChI=1S/C4H10.C3H7NO.C2H6/c1-4(2)3;1-3(5)2-4;1-2/h4H,1-3H3;2,4H2,1H3;1-2H3. The molecule has 0 aromatic rings. The van der Waals surface area contributed by atoms with Crippen molar-refractivity contribution in [3.05, 3.63) is 0 Å². The summed E-state index contributed by atoms with van der Waals surface area (Å²) in [5.41, 5.74) is 4.82.